The summed E-state index contributed by atoms with van der Waals surface area (Å²) in [6.45, 7) is 2.56. The van der Waals surface area contributed by atoms with Crippen LogP contribution in [0.2, 0.25) is 0 Å². The van der Waals surface area contributed by atoms with Gasteiger partial charge in [0.2, 0.25) is 5.88 Å². The maximum atomic E-state index is 10.8. The first-order valence-electron chi connectivity index (χ1n) is 7.76. The average Bonchev–Trinajstić information content (AvgIpc) is 2.63. The van der Waals surface area contributed by atoms with Crippen LogP contribution in [-0.4, -0.2) is 16.1 Å². The number of carboxylic acid groups (broad SMARTS) is 1. The molecule has 1 N–H and O–H groups in total. The third-order valence-electron chi connectivity index (χ3n) is 3.69. The van der Waals surface area contributed by atoms with E-state index >= 15 is 0 Å². The Hall–Kier alpha value is -3.34. The van der Waals surface area contributed by atoms with Gasteiger partial charge in [0.25, 0.3) is 0 Å². The highest BCUT2D eigenvalue weighted by atomic mass is 16.5. The van der Waals surface area contributed by atoms with Crippen LogP contribution >= 0.6 is 0 Å². The molecule has 0 bridgehead atoms. The van der Waals surface area contributed by atoms with Gasteiger partial charge in [0.15, 0.2) is 0 Å². The molecule has 5 nitrogen and oxygen atoms in total. The highest BCUT2D eigenvalue weighted by Gasteiger charge is 2.05. The quantitative estimate of drug-likeness (QED) is 0.720. The first-order chi connectivity index (χ1) is 12.1. The number of ether oxygens (including phenoxy) is 2. The maximum Gasteiger partial charge on any atom is 0.337 e. The lowest BCUT2D eigenvalue weighted by Crippen LogP contribution is -1.98. The van der Waals surface area contributed by atoms with Crippen molar-refractivity contribution in [3.05, 3.63) is 83.6 Å². The van der Waals surface area contributed by atoms with Crippen LogP contribution in [0.25, 0.3) is 0 Å². The monoisotopic (exact) mass is 335 g/mol. The highest BCUT2D eigenvalue weighted by molar-refractivity contribution is 5.87. The Balaban J connectivity index is 1.60. The average molecular weight is 335 g/mol. The number of pyridine rings is 1. The molecule has 0 unspecified atom stereocenters. The zero-order valence-electron chi connectivity index (χ0n) is 13.7. The van der Waals surface area contributed by atoms with E-state index in [4.69, 9.17) is 14.6 Å². The predicted molar refractivity (Wildman–Crippen MR) is 93.2 cm³/mol. The molecule has 0 aliphatic rings. The van der Waals surface area contributed by atoms with Gasteiger partial charge in [-0.2, -0.15) is 0 Å². The largest absolute Gasteiger partial charge is 0.489 e. The van der Waals surface area contributed by atoms with Crippen LogP contribution in [-0.2, 0) is 6.61 Å². The first kappa shape index (κ1) is 16.5. The number of hydrogen-bond donors (Lipinski definition) is 1. The summed E-state index contributed by atoms with van der Waals surface area (Å²) in [5, 5.41) is 8.85. The number of carbonyl (C=O) groups is 1. The zero-order valence-corrected chi connectivity index (χ0v) is 13.7. The minimum atomic E-state index is -1.02. The molecule has 126 valence electrons. The normalized spacial score (nSPS) is 10.3. The van der Waals surface area contributed by atoms with Crippen LogP contribution in [0.4, 0.5) is 0 Å². The van der Waals surface area contributed by atoms with E-state index in [1.807, 2.05) is 30.3 Å². The lowest BCUT2D eigenvalue weighted by atomic mass is 10.1. The Labute approximate surface area is 145 Å². The van der Waals surface area contributed by atoms with Crippen LogP contribution in [0, 0.1) is 6.92 Å². The number of benzene rings is 2. The molecule has 25 heavy (non-hydrogen) atoms. The van der Waals surface area contributed by atoms with Gasteiger partial charge in [-0.25, -0.2) is 9.78 Å². The fraction of sp³-hybridized carbons (Fsp3) is 0.100. The third-order valence-corrected chi connectivity index (χ3v) is 3.69. The predicted octanol–water partition coefficient (Wildman–Crippen LogP) is 4.46. The first-order valence-corrected chi connectivity index (χ1v) is 7.76. The highest BCUT2D eigenvalue weighted by Crippen LogP contribution is 2.23. The van der Waals surface area contributed by atoms with E-state index in [2.05, 4.69) is 18.0 Å². The van der Waals surface area contributed by atoms with E-state index in [1.165, 1.54) is 23.9 Å². The van der Waals surface area contributed by atoms with E-state index in [9.17, 15) is 4.79 Å². The fourth-order valence-corrected chi connectivity index (χ4v) is 2.22. The van der Waals surface area contributed by atoms with Gasteiger partial charge in [0.05, 0.1) is 5.56 Å². The Morgan fingerprint density at radius 1 is 1.00 bits per heavy atom. The molecule has 2 aromatic carbocycles. The van der Waals surface area contributed by atoms with Crippen LogP contribution in [0.3, 0.4) is 0 Å². The summed E-state index contributed by atoms with van der Waals surface area (Å²) in [6, 6.07) is 18.2. The van der Waals surface area contributed by atoms with Crippen molar-refractivity contribution in [2.75, 3.05) is 0 Å². The molecule has 3 aromatic rings. The second kappa shape index (κ2) is 7.49. The molecule has 3 rings (SSSR count). The lowest BCUT2D eigenvalue weighted by Gasteiger charge is -2.09. The minimum Gasteiger partial charge on any atom is -0.489 e. The molecule has 0 atom stereocenters. The molecule has 0 saturated carbocycles. The second-order valence-corrected chi connectivity index (χ2v) is 5.48. The molecule has 0 aliphatic heterocycles. The Morgan fingerprint density at radius 3 is 2.36 bits per heavy atom. The summed E-state index contributed by atoms with van der Waals surface area (Å²) in [5.74, 6) is 0.649. The van der Waals surface area contributed by atoms with E-state index in [0.717, 1.165) is 11.3 Å². The van der Waals surface area contributed by atoms with Gasteiger partial charge in [0, 0.05) is 12.3 Å². The van der Waals surface area contributed by atoms with Gasteiger partial charge in [-0.1, -0.05) is 24.3 Å². The van der Waals surface area contributed by atoms with E-state index in [1.54, 1.807) is 12.1 Å². The number of nitrogens with zero attached hydrogens (tertiary/aromatic N) is 1. The Bertz CT molecular complexity index is 858. The molecule has 0 amide bonds. The van der Waals surface area contributed by atoms with Crippen LogP contribution < -0.4 is 9.47 Å². The number of aryl methyl sites for hydroxylation is 1. The minimum absolute atomic E-state index is 0.118. The van der Waals surface area contributed by atoms with Crippen molar-refractivity contribution < 1.29 is 19.4 Å². The Kier molecular flexibility index (Phi) is 4.95. The summed E-state index contributed by atoms with van der Waals surface area (Å²) in [4.78, 5) is 14.8. The van der Waals surface area contributed by atoms with E-state index in [-0.39, 0.29) is 5.56 Å². The smallest absolute Gasteiger partial charge is 0.337 e. The molecule has 0 saturated heterocycles. The van der Waals surface area contributed by atoms with Gasteiger partial charge in [0.1, 0.15) is 18.1 Å². The van der Waals surface area contributed by atoms with Gasteiger partial charge >= 0.3 is 5.97 Å². The van der Waals surface area contributed by atoms with Crippen molar-refractivity contribution in [3.63, 3.8) is 0 Å². The summed E-state index contributed by atoms with van der Waals surface area (Å²) < 4.78 is 11.4. The number of rotatable bonds is 6. The zero-order chi connectivity index (χ0) is 17.6. The number of aromatic carboxylic acids is 1. The number of carboxylic acids is 1. The van der Waals surface area contributed by atoms with Gasteiger partial charge in [-0.3, -0.25) is 0 Å². The van der Waals surface area contributed by atoms with Crippen molar-refractivity contribution in [2.24, 2.45) is 0 Å². The van der Waals surface area contributed by atoms with Gasteiger partial charge < -0.3 is 14.6 Å². The molecule has 1 heterocycles. The summed E-state index contributed by atoms with van der Waals surface area (Å²) in [6.07, 6.45) is 1.26. The molecule has 1 aromatic heterocycles. The van der Waals surface area contributed by atoms with Crippen molar-refractivity contribution >= 4 is 5.97 Å². The molecule has 0 fully saturated rings. The van der Waals surface area contributed by atoms with E-state index < -0.39 is 5.97 Å². The summed E-state index contributed by atoms with van der Waals surface area (Å²) in [7, 11) is 0. The molecular weight excluding hydrogens is 318 g/mol. The van der Waals surface area contributed by atoms with Crippen molar-refractivity contribution in [1.29, 1.82) is 0 Å². The molecule has 5 heteroatoms. The molecule has 0 radical (unpaired) electrons. The standard InChI is InChI=1S/C20H17NO4/c1-14-4-2-3-5-16(14)13-24-17-7-9-18(10-8-17)25-19-11-6-15(12-21-19)20(22)23/h2-12H,13H2,1H3,(H,22,23). The number of hydrogen-bond acceptors (Lipinski definition) is 4. The van der Waals surface area contributed by atoms with Crippen molar-refractivity contribution in [2.45, 2.75) is 13.5 Å². The molecule has 0 spiro atoms. The van der Waals surface area contributed by atoms with E-state index in [0.29, 0.717) is 18.2 Å². The maximum absolute atomic E-state index is 10.8. The summed E-state index contributed by atoms with van der Waals surface area (Å²) in [5.41, 5.74) is 2.45. The SMILES string of the molecule is Cc1ccccc1COc1ccc(Oc2ccc(C(=O)O)cn2)cc1. The number of aromatic nitrogens is 1. The Morgan fingerprint density at radius 2 is 1.72 bits per heavy atom. The van der Waals surface area contributed by atoms with Crippen LogP contribution in [0.5, 0.6) is 17.4 Å². The second-order valence-electron chi connectivity index (χ2n) is 5.48. The van der Waals surface area contributed by atoms with Gasteiger partial charge in [-0.05, 0) is 48.4 Å². The lowest BCUT2D eigenvalue weighted by molar-refractivity contribution is 0.0696. The molecular formula is C20H17NO4. The van der Waals surface area contributed by atoms with Crippen LogP contribution in [0.15, 0.2) is 66.9 Å². The van der Waals surface area contributed by atoms with Crippen molar-refractivity contribution in [3.8, 4) is 17.4 Å². The van der Waals surface area contributed by atoms with Crippen LogP contribution in [0.1, 0.15) is 21.5 Å². The summed E-state index contributed by atoms with van der Waals surface area (Å²) >= 11 is 0. The topological polar surface area (TPSA) is 68.7 Å². The third kappa shape index (κ3) is 4.35. The van der Waals surface area contributed by atoms with Crippen molar-refractivity contribution in [1.82, 2.24) is 4.98 Å². The molecule has 0 aliphatic carbocycles. The fourth-order valence-electron chi connectivity index (χ4n) is 2.22. The van der Waals surface area contributed by atoms with Gasteiger partial charge in [-0.15, -0.1) is 0 Å².